The van der Waals surface area contributed by atoms with E-state index in [1.807, 2.05) is 0 Å². The van der Waals surface area contributed by atoms with Crippen LogP contribution in [0.1, 0.15) is 16.1 Å². The number of H-pyrrole nitrogens is 1. The first-order valence-corrected chi connectivity index (χ1v) is 3.84. The minimum atomic E-state index is -4.87. The molecule has 1 rings (SSSR count). The maximum absolute atomic E-state index is 12.1. The third kappa shape index (κ3) is 2.12. The number of carbonyl (C=O) groups is 1. The van der Waals surface area contributed by atoms with Crippen molar-refractivity contribution in [3.63, 3.8) is 0 Å². The molecule has 0 atom stereocenters. The van der Waals surface area contributed by atoms with Crippen LogP contribution in [0, 0.1) is 0 Å². The molecule has 0 aliphatic heterocycles. The Balaban J connectivity index is 3.48. The predicted molar refractivity (Wildman–Crippen MR) is 44.0 cm³/mol. The van der Waals surface area contributed by atoms with Gasteiger partial charge in [-0.2, -0.15) is 13.2 Å². The van der Waals surface area contributed by atoms with Crippen molar-refractivity contribution in [1.82, 2.24) is 4.98 Å². The van der Waals surface area contributed by atoms with Crippen molar-refractivity contribution in [3.05, 3.63) is 32.7 Å². The zero-order valence-corrected chi connectivity index (χ0v) is 7.61. The molecule has 0 saturated heterocycles. The molecule has 0 unspecified atom stereocenters. The third-order valence-electron chi connectivity index (χ3n) is 1.54. The Morgan fingerprint density at radius 1 is 1.47 bits per heavy atom. The van der Waals surface area contributed by atoms with E-state index < -0.39 is 33.9 Å². The number of rotatable bonds is 1. The van der Waals surface area contributed by atoms with Gasteiger partial charge in [0.2, 0.25) is 5.43 Å². The van der Waals surface area contributed by atoms with E-state index in [-0.39, 0.29) is 6.20 Å². The fourth-order valence-electron chi connectivity index (χ4n) is 0.871. The molecular weight excluding hydrogens is 239 g/mol. The van der Waals surface area contributed by atoms with Crippen LogP contribution in [0.5, 0.6) is 0 Å². The lowest BCUT2D eigenvalue weighted by atomic mass is 10.2. The number of pyridine rings is 1. The quantitative estimate of drug-likeness (QED) is 0.787. The highest BCUT2D eigenvalue weighted by atomic mass is 35.5. The van der Waals surface area contributed by atoms with Crippen molar-refractivity contribution in [1.29, 1.82) is 0 Å². The predicted octanol–water partition coefficient (Wildman–Crippen LogP) is 1.75. The van der Waals surface area contributed by atoms with Crippen molar-refractivity contribution in [2.24, 2.45) is 0 Å². The minimum absolute atomic E-state index is 0.275. The second kappa shape index (κ2) is 3.58. The van der Waals surface area contributed by atoms with E-state index >= 15 is 0 Å². The van der Waals surface area contributed by atoms with Gasteiger partial charge in [-0.3, -0.25) is 4.79 Å². The van der Waals surface area contributed by atoms with Crippen molar-refractivity contribution < 1.29 is 23.1 Å². The van der Waals surface area contributed by atoms with Crippen LogP contribution < -0.4 is 5.43 Å². The van der Waals surface area contributed by atoms with Gasteiger partial charge in [0, 0.05) is 6.20 Å². The van der Waals surface area contributed by atoms with Crippen LogP contribution in [0.25, 0.3) is 0 Å². The van der Waals surface area contributed by atoms with Gasteiger partial charge in [0.05, 0.1) is 0 Å². The minimum Gasteiger partial charge on any atom is -0.477 e. The van der Waals surface area contributed by atoms with Crippen molar-refractivity contribution >= 4 is 17.6 Å². The third-order valence-corrected chi connectivity index (χ3v) is 1.90. The molecule has 82 valence electrons. The van der Waals surface area contributed by atoms with Crippen LogP contribution in [-0.4, -0.2) is 16.1 Å². The number of halogens is 4. The molecule has 8 heteroatoms. The Hall–Kier alpha value is -1.50. The maximum Gasteiger partial charge on any atom is 0.421 e. The Labute approximate surface area is 85.3 Å². The topological polar surface area (TPSA) is 70.2 Å². The van der Waals surface area contributed by atoms with Gasteiger partial charge in [0.15, 0.2) is 0 Å². The van der Waals surface area contributed by atoms with Crippen LogP contribution in [0.4, 0.5) is 13.2 Å². The summed E-state index contributed by atoms with van der Waals surface area (Å²) in [5.74, 6) is -1.61. The molecule has 0 aromatic carbocycles. The van der Waals surface area contributed by atoms with E-state index in [2.05, 4.69) is 0 Å². The number of aromatic amines is 1. The first-order chi connectivity index (χ1) is 6.75. The molecule has 0 bridgehead atoms. The molecule has 0 aliphatic rings. The van der Waals surface area contributed by atoms with Crippen LogP contribution in [-0.2, 0) is 6.18 Å². The highest BCUT2D eigenvalue weighted by Gasteiger charge is 2.35. The summed E-state index contributed by atoms with van der Waals surface area (Å²) in [5, 5.41) is 7.46. The number of hydrogen-bond acceptors (Lipinski definition) is 2. The molecule has 1 heterocycles. The summed E-state index contributed by atoms with van der Waals surface area (Å²) in [6, 6.07) is 0. The lowest BCUT2D eigenvalue weighted by molar-refractivity contribution is -0.138. The highest BCUT2D eigenvalue weighted by Crippen LogP contribution is 2.27. The molecule has 0 radical (unpaired) electrons. The van der Waals surface area contributed by atoms with Crippen LogP contribution in [0.3, 0.4) is 0 Å². The first-order valence-electron chi connectivity index (χ1n) is 3.47. The van der Waals surface area contributed by atoms with Gasteiger partial charge >= 0.3 is 12.1 Å². The average molecular weight is 242 g/mol. The lowest BCUT2D eigenvalue weighted by Gasteiger charge is -2.06. The number of nitrogens with one attached hydrogen (secondary N) is 1. The van der Waals surface area contributed by atoms with E-state index in [1.165, 1.54) is 0 Å². The van der Waals surface area contributed by atoms with Crippen molar-refractivity contribution in [2.75, 3.05) is 0 Å². The molecule has 1 aromatic heterocycles. The first kappa shape index (κ1) is 11.6. The van der Waals surface area contributed by atoms with E-state index in [4.69, 9.17) is 16.7 Å². The molecule has 0 aliphatic carbocycles. The standard InChI is InChI=1S/C7H3ClF3NO3/c8-3-4(6(14)15)12-1-2(5(3)13)7(9,10)11/h1H,(H,12,13)(H,14,15). The summed E-state index contributed by atoms with van der Waals surface area (Å²) in [5.41, 5.74) is -3.85. The van der Waals surface area contributed by atoms with Crippen LogP contribution in [0.15, 0.2) is 11.0 Å². The molecule has 0 fully saturated rings. The van der Waals surface area contributed by atoms with E-state index in [0.29, 0.717) is 0 Å². The van der Waals surface area contributed by atoms with E-state index in [1.54, 1.807) is 4.98 Å². The Morgan fingerprint density at radius 2 is 2.00 bits per heavy atom. The number of aromatic carboxylic acids is 1. The van der Waals surface area contributed by atoms with E-state index in [0.717, 1.165) is 0 Å². The van der Waals surface area contributed by atoms with Crippen LogP contribution >= 0.6 is 11.6 Å². The summed E-state index contributed by atoms with van der Waals surface area (Å²) in [4.78, 5) is 23.2. The van der Waals surface area contributed by atoms with Gasteiger partial charge in [0.25, 0.3) is 0 Å². The summed E-state index contributed by atoms with van der Waals surface area (Å²) in [7, 11) is 0. The summed E-state index contributed by atoms with van der Waals surface area (Å²) in [6.45, 7) is 0. The van der Waals surface area contributed by atoms with Gasteiger partial charge in [-0.1, -0.05) is 11.6 Å². The number of carboxylic acid groups (broad SMARTS) is 1. The van der Waals surface area contributed by atoms with Gasteiger partial charge in [-0.15, -0.1) is 0 Å². The van der Waals surface area contributed by atoms with Crippen LogP contribution in [0.2, 0.25) is 5.02 Å². The lowest BCUT2D eigenvalue weighted by Crippen LogP contribution is -2.22. The molecule has 0 amide bonds. The molecule has 4 nitrogen and oxygen atoms in total. The zero-order chi connectivity index (χ0) is 11.8. The van der Waals surface area contributed by atoms with E-state index in [9.17, 15) is 22.8 Å². The number of alkyl halides is 3. The average Bonchev–Trinajstić information content (AvgIpc) is 2.06. The largest absolute Gasteiger partial charge is 0.477 e. The smallest absolute Gasteiger partial charge is 0.421 e. The molecule has 2 N–H and O–H groups in total. The number of carboxylic acids is 1. The van der Waals surface area contributed by atoms with Gasteiger partial charge in [0.1, 0.15) is 16.3 Å². The fraction of sp³-hybridized carbons (Fsp3) is 0.143. The van der Waals surface area contributed by atoms with Gasteiger partial charge < -0.3 is 10.1 Å². The second-order valence-electron chi connectivity index (χ2n) is 2.52. The molecule has 15 heavy (non-hydrogen) atoms. The Kier molecular flexibility index (Phi) is 2.76. The zero-order valence-electron chi connectivity index (χ0n) is 6.85. The molecule has 0 spiro atoms. The second-order valence-corrected chi connectivity index (χ2v) is 2.90. The summed E-state index contributed by atoms with van der Waals surface area (Å²) < 4.78 is 36.4. The molecule has 0 saturated carbocycles. The SMILES string of the molecule is O=C(O)c1[nH]cc(C(F)(F)F)c(=O)c1Cl. The monoisotopic (exact) mass is 241 g/mol. The highest BCUT2D eigenvalue weighted by molar-refractivity contribution is 6.33. The Bertz CT molecular complexity index is 466. The van der Waals surface area contributed by atoms with Gasteiger partial charge in [-0.05, 0) is 0 Å². The van der Waals surface area contributed by atoms with Crippen molar-refractivity contribution in [3.8, 4) is 0 Å². The number of hydrogen-bond donors (Lipinski definition) is 2. The number of aromatic nitrogens is 1. The van der Waals surface area contributed by atoms with Crippen molar-refractivity contribution in [2.45, 2.75) is 6.18 Å². The molecule has 1 aromatic rings. The fourth-order valence-corrected chi connectivity index (χ4v) is 1.11. The summed E-state index contributed by atoms with van der Waals surface area (Å²) in [6.07, 6.45) is -4.59. The molecular formula is C7H3ClF3NO3. The normalized spacial score (nSPS) is 11.5. The maximum atomic E-state index is 12.1. The summed E-state index contributed by atoms with van der Waals surface area (Å²) >= 11 is 5.17. The van der Waals surface area contributed by atoms with Gasteiger partial charge in [-0.25, -0.2) is 4.79 Å². The Morgan fingerprint density at radius 3 is 2.40 bits per heavy atom.